The highest BCUT2D eigenvalue weighted by Crippen LogP contribution is 2.45. The van der Waals surface area contributed by atoms with Gasteiger partial charge in [-0.15, -0.1) is 0 Å². The van der Waals surface area contributed by atoms with Gasteiger partial charge in [0.15, 0.2) is 6.10 Å². The van der Waals surface area contributed by atoms with Gasteiger partial charge in [-0.1, -0.05) is 281 Å². The number of carbonyl (C=O) groups excluding carboxylic acids is 3. The number of esters is 3. The van der Waals surface area contributed by atoms with Crippen LogP contribution in [0, 0.1) is 0 Å². The number of carbonyl (C=O) groups is 3. The second kappa shape index (κ2) is 72.9. The highest BCUT2D eigenvalue weighted by molar-refractivity contribution is 7.47. The summed E-state index contributed by atoms with van der Waals surface area (Å²) in [5, 5.41) is 20.6. The zero-order valence-electron chi connectivity index (χ0n) is 61.4. The van der Waals surface area contributed by atoms with E-state index in [1.54, 1.807) is 0 Å². The number of rotatable bonds is 70. The van der Waals surface area contributed by atoms with Crippen molar-refractivity contribution in [1.29, 1.82) is 0 Å². The van der Waals surface area contributed by atoms with Crippen LogP contribution in [0.25, 0.3) is 0 Å². The molecule has 0 aromatic carbocycles. The first-order valence-electron chi connectivity index (χ1n) is 37.8. The van der Waals surface area contributed by atoms with Crippen molar-refractivity contribution >= 4 is 33.6 Å². The second-order valence-corrected chi connectivity index (χ2v) is 27.6. The summed E-state index contributed by atoms with van der Waals surface area (Å²) in [4.78, 5) is 58.4. The van der Waals surface area contributed by atoms with Crippen LogP contribution in [0.3, 0.4) is 0 Å². The smallest absolute Gasteiger partial charge is 0.463 e. The first-order valence-corrected chi connectivity index (χ1v) is 40.8. The van der Waals surface area contributed by atoms with Crippen LogP contribution in [0.15, 0.2) is 158 Å². The Kier molecular flexibility index (Phi) is 69.4. The minimum Gasteiger partial charge on any atom is -0.463 e. The average molecular weight is 1430 g/mol. The molecule has 0 heterocycles. The lowest BCUT2D eigenvalue weighted by atomic mass is 10.0. The van der Waals surface area contributed by atoms with E-state index in [0.717, 1.165) is 148 Å². The van der Waals surface area contributed by atoms with Crippen molar-refractivity contribution in [1.82, 2.24) is 0 Å². The Morgan fingerprint density at radius 3 is 0.889 bits per heavy atom. The van der Waals surface area contributed by atoms with Crippen LogP contribution in [0.1, 0.15) is 278 Å². The number of allylic oxidation sites excluding steroid dienone is 26. The van der Waals surface area contributed by atoms with Crippen molar-refractivity contribution in [3.63, 3.8) is 0 Å². The van der Waals surface area contributed by atoms with Gasteiger partial charge in [0.05, 0.1) is 26.4 Å². The van der Waals surface area contributed by atoms with E-state index in [9.17, 15) is 43.5 Å². The summed E-state index contributed by atoms with van der Waals surface area (Å²) in [5.74, 6) is -1.67. The fourth-order valence-electron chi connectivity index (χ4n) is 9.53. The summed E-state index contributed by atoms with van der Waals surface area (Å²) in [7, 11) is -9.81. The third-order valence-electron chi connectivity index (χ3n) is 15.2. The van der Waals surface area contributed by atoms with Crippen LogP contribution < -0.4 is 0 Å². The molecule has 16 nitrogen and oxygen atoms in total. The highest BCUT2D eigenvalue weighted by Gasteiger charge is 2.29. The van der Waals surface area contributed by atoms with Gasteiger partial charge in [0, 0.05) is 19.3 Å². The maximum absolute atomic E-state index is 12.9. The van der Waals surface area contributed by atoms with Crippen molar-refractivity contribution in [3.8, 4) is 0 Å². The molecule has 0 aliphatic carbocycles. The SMILES string of the molecule is CC/C=C\C/C=C\C/C=C\C/C=C\C/C=C\C/C=C\CCCCCCCCCCCCCCCCC(=O)OCC(O)COP(=O)(O)OCC(O)COP(=O)(O)OCC(COC(=O)CCC/C=C\C/C=C\C/C=C\C/C=C\C/C=C\CC)OC(=O)CCCCCCC/C=C\C/C=C\CCC. The van der Waals surface area contributed by atoms with Crippen molar-refractivity contribution in [2.45, 2.75) is 296 Å². The van der Waals surface area contributed by atoms with Gasteiger partial charge in [-0.05, 0) is 135 Å². The van der Waals surface area contributed by atoms with Crippen molar-refractivity contribution in [3.05, 3.63) is 158 Å². The number of phosphoric acid groups is 2. The molecule has 0 rings (SSSR count). The molecule has 18 heteroatoms. The first kappa shape index (κ1) is 94.2. The van der Waals surface area contributed by atoms with Crippen molar-refractivity contribution in [2.75, 3.05) is 39.6 Å². The number of hydrogen-bond acceptors (Lipinski definition) is 14. The van der Waals surface area contributed by atoms with Gasteiger partial charge >= 0.3 is 33.6 Å². The highest BCUT2D eigenvalue weighted by atomic mass is 31.2. The van der Waals surface area contributed by atoms with E-state index in [-0.39, 0.29) is 19.3 Å². The molecule has 0 saturated heterocycles. The number of aliphatic hydroxyl groups excluding tert-OH is 2. The van der Waals surface area contributed by atoms with Gasteiger partial charge in [-0.2, -0.15) is 0 Å². The van der Waals surface area contributed by atoms with E-state index in [0.29, 0.717) is 25.7 Å². The van der Waals surface area contributed by atoms with Crippen molar-refractivity contribution in [2.24, 2.45) is 0 Å². The van der Waals surface area contributed by atoms with Crippen LogP contribution >= 0.6 is 15.6 Å². The molecule has 0 saturated carbocycles. The van der Waals surface area contributed by atoms with Crippen LogP contribution in [0.5, 0.6) is 0 Å². The summed E-state index contributed by atoms with van der Waals surface area (Å²) < 4.78 is 60.9. The predicted molar refractivity (Wildman–Crippen MR) is 408 cm³/mol. The Balaban J connectivity index is 4.45. The molecule has 0 aliphatic rings. The van der Waals surface area contributed by atoms with Gasteiger partial charge in [0.1, 0.15) is 25.4 Å². The van der Waals surface area contributed by atoms with Gasteiger partial charge < -0.3 is 34.2 Å². The number of unbranched alkanes of at least 4 members (excludes halogenated alkanes) is 21. The molecule has 4 N–H and O–H groups in total. The lowest BCUT2D eigenvalue weighted by Crippen LogP contribution is -2.30. The third kappa shape index (κ3) is 74.2. The second-order valence-electron chi connectivity index (χ2n) is 24.7. The van der Waals surface area contributed by atoms with Crippen LogP contribution in [-0.4, -0.2) is 95.9 Å². The maximum atomic E-state index is 12.9. The number of hydrogen-bond donors (Lipinski definition) is 4. The molecule has 564 valence electrons. The summed E-state index contributed by atoms with van der Waals surface area (Å²) in [6, 6.07) is 0. The van der Waals surface area contributed by atoms with Gasteiger partial charge in [-0.3, -0.25) is 32.5 Å². The minimum absolute atomic E-state index is 0.0720. The van der Waals surface area contributed by atoms with Gasteiger partial charge in [0.2, 0.25) is 0 Å². The Morgan fingerprint density at radius 1 is 0.293 bits per heavy atom. The summed E-state index contributed by atoms with van der Waals surface area (Å²) in [6.07, 6.45) is 90.4. The van der Waals surface area contributed by atoms with E-state index in [4.69, 9.17) is 32.3 Å². The van der Waals surface area contributed by atoms with Gasteiger partial charge in [0.25, 0.3) is 0 Å². The predicted octanol–water partition coefficient (Wildman–Crippen LogP) is 21.9. The normalized spacial score (nSPS) is 14.9. The molecule has 0 aliphatic heterocycles. The Morgan fingerprint density at radius 2 is 0.545 bits per heavy atom. The molecule has 0 fully saturated rings. The van der Waals surface area contributed by atoms with E-state index in [2.05, 4.69) is 167 Å². The Hall–Kier alpha value is -4.83. The molecular weight excluding hydrogens is 1290 g/mol. The van der Waals surface area contributed by atoms with E-state index >= 15 is 0 Å². The van der Waals surface area contributed by atoms with Gasteiger partial charge in [-0.25, -0.2) is 9.13 Å². The largest absolute Gasteiger partial charge is 0.472 e. The molecule has 0 aromatic heterocycles. The molecule has 0 bridgehead atoms. The average Bonchev–Trinajstić information content (AvgIpc) is 1.38. The third-order valence-corrected chi connectivity index (χ3v) is 17.1. The first-order chi connectivity index (χ1) is 48.2. The quantitative estimate of drug-likeness (QED) is 0.0146. The minimum atomic E-state index is -4.94. The fourth-order valence-corrected chi connectivity index (χ4v) is 11.1. The molecule has 99 heavy (non-hydrogen) atoms. The standard InChI is InChI=1S/C81H134O16P2/c1-4-7-10-13-16-19-22-25-27-29-30-31-32-33-34-35-36-37-38-39-40-41-42-43-44-46-48-50-52-55-58-61-64-67-79(84)91-70-76(82)71-93-98(87,88)94-72-77(83)73-95-99(89,90)96-75-78(97-81(86)69-66-63-60-57-54-49-24-21-18-15-12-9-6-3)74-92-80(85)68-65-62-59-56-53-51-47-45-28-26-23-20-17-14-11-8-5-2/h7-8,10-12,15-17,19-21,24-28,30-31,33-34,36-37,47,51,56,59,76-78,82-83H,4-6,9,13-14,18,22-23,29,32,35,38-46,48-50,52-55,57-58,60-75H2,1-3H3,(H,87,88)(H,89,90)/b10-7-,11-8-,15-12-,19-16-,20-17-,24-21-,27-25-,28-26-,31-30-,34-33-,37-36-,51-47-,59-56-. The Labute approximate surface area is 600 Å². The van der Waals surface area contributed by atoms with E-state index in [1.165, 1.54) is 64.2 Å². The lowest BCUT2D eigenvalue weighted by molar-refractivity contribution is -0.161. The summed E-state index contributed by atoms with van der Waals surface area (Å²) in [6.45, 7) is 2.28. The van der Waals surface area contributed by atoms with E-state index < -0.39 is 91.5 Å². The Bertz CT molecular complexity index is 2430. The topological polar surface area (TPSA) is 231 Å². The van der Waals surface area contributed by atoms with Crippen molar-refractivity contribution < 1.29 is 75.8 Å². The molecule has 5 unspecified atom stereocenters. The molecule has 0 radical (unpaired) electrons. The lowest BCUT2D eigenvalue weighted by Gasteiger charge is -2.21. The van der Waals surface area contributed by atoms with E-state index in [1.807, 2.05) is 12.2 Å². The monoisotopic (exact) mass is 1420 g/mol. The van der Waals surface area contributed by atoms with Crippen LogP contribution in [0.4, 0.5) is 0 Å². The van der Waals surface area contributed by atoms with Crippen LogP contribution in [0.2, 0.25) is 0 Å². The number of aliphatic hydroxyl groups is 2. The zero-order chi connectivity index (χ0) is 72.3. The summed E-state index contributed by atoms with van der Waals surface area (Å²) >= 11 is 0. The molecule has 0 aromatic rings. The number of phosphoric ester groups is 2. The maximum Gasteiger partial charge on any atom is 0.472 e. The fraction of sp³-hybridized carbons (Fsp3) is 0.642. The van der Waals surface area contributed by atoms with Crippen LogP contribution in [-0.2, 0) is 55.8 Å². The summed E-state index contributed by atoms with van der Waals surface area (Å²) in [5.41, 5.74) is 0. The number of ether oxygens (including phenoxy) is 3. The zero-order valence-corrected chi connectivity index (χ0v) is 63.1. The molecular formula is C81H134O16P2. The molecule has 0 spiro atoms. The molecule has 5 atom stereocenters. The molecule has 0 amide bonds.